The number of amides is 1. The maximum atomic E-state index is 12.7. The Hall–Kier alpha value is -3.12. The Bertz CT molecular complexity index is 985. The molecule has 2 aromatic carbocycles. The van der Waals surface area contributed by atoms with Gasteiger partial charge < -0.3 is 10.1 Å². The van der Waals surface area contributed by atoms with Crippen molar-refractivity contribution < 1.29 is 14.3 Å². The summed E-state index contributed by atoms with van der Waals surface area (Å²) in [5.74, 6) is -0.908. The van der Waals surface area contributed by atoms with Crippen molar-refractivity contribution in [3.63, 3.8) is 0 Å². The monoisotopic (exact) mass is 367 g/mol. The fourth-order valence-corrected chi connectivity index (χ4v) is 3.20. The maximum absolute atomic E-state index is 12.7. The summed E-state index contributed by atoms with van der Waals surface area (Å²) >= 11 is 6.28. The quantitative estimate of drug-likeness (QED) is 0.721. The number of ether oxygens (including phenoxy) is 1. The first-order valence-corrected chi connectivity index (χ1v) is 8.39. The predicted molar refractivity (Wildman–Crippen MR) is 96.6 cm³/mol. The molecule has 4 rings (SSSR count). The number of para-hydroxylation sites is 1. The lowest BCUT2D eigenvalue weighted by Crippen LogP contribution is -2.38. The Morgan fingerprint density at radius 2 is 2.04 bits per heavy atom. The van der Waals surface area contributed by atoms with Crippen LogP contribution in [0.2, 0.25) is 5.02 Å². The zero-order chi connectivity index (χ0) is 18.1. The Balaban J connectivity index is 1.61. The number of halogens is 1. The van der Waals surface area contributed by atoms with Crippen molar-refractivity contribution in [1.29, 1.82) is 0 Å². The summed E-state index contributed by atoms with van der Waals surface area (Å²) < 4.78 is 6.87. The van der Waals surface area contributed by atoms with Gasteiger partial charge in [0.25, 0.3) is 5.91 Å². The van der Waals surface area contributed by atoms with Crippen LogP contribution in [0.25, 0.3) is 5.69 Å². The van der Waals surface area contributed by atoms with E-state index in [-0.39, 0.29) is 0 Å². The number of aromatic nitrogens is 2. The summed E-state index contributed by atoms with van der Waals surface area (Å²) in [4.78, 5) is 24.8. The first-order chi connectivity index (χ1) is 12.6. The first kappa shape index (κ1) is 16.4. The summed E-state index contributed by atoms with van der Waals surface area (Å²) in [6, 6.07) is 14.0. The molecule has 0 fully saturated rings. The second-order valence-electron chi connectivity index (χ2n) is 5.83. The molecule has 1 aliphatic heterocycles. The summed E-state index contributed by atoms with van der Waals surface area (Å²) in [5, 5.41) is 7.41. The molecule has 1 N–H and O–H groups in total. The number of fused-ring (bicyclic) bond motifs is 1. The number of carbonyl (C=O) groups is 2. The molecule has 0 saturated heterocycles. The van der Waals surface area contributed by atoms with Gasteiger partial charge in [0.15, 0.2) is 6.10 Å². The van der Waals surface area contributed by atoms with Gasteiger partial charge in [-0.1, -0.05) is 35.9 Å². The topological polar surface area (TPSA) is 73.2 Å². The summed E-state index contributed by atoms with van der Waals surface area (Å²) in [7, 11) is 0. The molecule has 7 heteroatoms. The third-order valence-electron chi connectivity index (χ3n) is 4.16. The third kappa shape index (κ3) is 2.95. The number of hydrogen-bond acceptors (Lipinski definition) is 4. The van der Waals surface area contributed by atoms with Crippen molar-refractivity contribution in [2.45, 2.75) is 12.5 Å². The Morgan fingerprint density at radius 3 is 2.85 bits per heavy atom. The minimum atomic E-state index is -0.901. The van der Waals surface area contributed by atoms with Gasteiger partial charge in [-0.05, 0) is 29.8 Å². The van der Waals surface area contributed by atoms with Gasteiger partial charge in [0.2, 0.25) is 0 Å². The third-order valence-corrected chi connectivity index (χ3v) is 4.47. The lowest BCUT2D eigenvalue weighted by molar-refractivity contribution is -0.125. The molecule has 0 aliphatic carbocycles. The Labute approximate surface area is 154 Å². The van der Waals surface area contributed by atoms with Crippen LogP contribution < -0.4 is 5.32 Å². The highest BCUT2D eigenvalue weighted by atomic mass is 35.5. The van der Waals surface area contributed by atoms with E-state index in [1.54, 1.807) is 53.5 Å². The van der Waals surface area contributed by atoms with Crippen molar-refractivity contribution in [3.8, 4) is 5.69 Å². The van der Waals surface area contributed by atoms with Crippen LogP contribution in [0.3, 0.4) is 0 Å². The van der Waals surface area contributed by atoms with Crippen molar-refractivity contribution in [2.24, 2.45) is 0 Å². The van der Waals surface area contributed by atoms with E-state index in [0.29, 0.717) is 28.4 Å². The van der Waals surface area contributed by atoms with Crippen molar-refractivity contribution >= 4 is 29.2 Å². The highest BCUT2D eigenvalue weighted by Crippen LogP contribution is 2.29. The second-order valence-corrected chi connectivity index (χ2v) is 6.24. The van der Waals surface area contributed by atoms with Gasteiger partial charge in [-0.3, -0.25) is 4.79 Å². The van der Waals surface area contributed by atoms with Crippen LogP contribution in [0.1, 0.15) is 15.9 Å². The van der Waals surface area contributed by atoms with Gasteiger partial charge >= 0.3 is 5.97 Å². The summed E-state index contributed by atoms with van der Waals surface area (Å²) in [5.41, 5.74) is 2.33. The van der Waals surface area contributed by atoms with Crippen LogP contribution in [-0.2, 0) is 16.0 Å². The number of hydrogen-bond donors (Lipinski definition) is 1. The zero-order valence-electron chi connectivity index (χ0n) is 13.6. The molecule has 1 aromatic heterocycles. The van der Waals surface area contributed by atoms with Crippen LogP contribution >= 0.6 is 11.6 Å². The Kier molecular flexibility index (Phi) is 4.18. The second kappa shape index (κ2) is 6.65. The molecule has 0 bridgehead atoms. The Morgan fingerprint density at radius 1 is 1.19 bits per heavy atom. The van der Waals surface area contributed by atoms with E-state index in [2.05, 4.69) is 10.4 Å². The minimum absolute atomic E-state index is 0.325. The van der Waals surface area contributed by atoms with Gasteiger partial charge in [0.1, 0.15) is 5.69 Å². The normalized spacial score (nSPS) is 15.9. The van der Waals surface area contributed by atoms with Gasteiger partial charge in [-0.25, -0.2) is 9.48 Å². The molecule has 26 heavy (non-hydrogen) atoms. The van der Waals surface area contributed by atoms with Crippen molar-refractivity contribution in [3.05, 3.63) is 77.1 Å². The number of esters is 1. The lowest BCUT2D eigenvalue weighted by Gasteiger charge is -2.24. The van der Waals surface area contributed by atoms with Crippen LogP contribution in [0.15, 0.2) is 60.9 Å². The van der Waals surface area contributed by atoms with E-state index >= 15 is 0 Å². The molecule has 1 atom stereocenters. The fraction of sp³-hybridized carbons (Fsp3) is 0.105. The number of nitrogens with one attached hydrogen (secondary N) is 1. The first-order valence-electron chi connectivity index (χ1n) is 8.02. The molecule has 0 saturated carbocycles. The van der Waals surface area contributed by atoms with Gasteiger partial charge in [0, 0.05) is 18.8 Å². The number of carbonyl (C=O) groups excluding carboxylic acids is 2. The average molecular weight is 368 g/mol. The largest absolute Gasteiger partial charge is 0.448 e. The number of nitrogens with zero attached hydrogens (tertiary/aromatic N) is 2. The number of anilines is 1. The minimum Gasteiger partial charge on any atom is -0.448 e. The van der Waals surface area contributed by atoms with Crippen molar-refractivity contribution in [2.75, 3.05) is 5.32 Å². The molecule has 2 heterocycles. The molecule has 1 amide bonds. The number of rotatable bonds is 3. The molecular weight excluding hydrogens is 354 g/mol. The SMILES string of the molecule is O=C1O[C@H](C(=O)Nc2cccc(Cl)c2-n2cccn2)Cc2ccccc21. The van der Waals surface area contributed by atoms with E-state index in [1.807, 2.05) is 12.1 Å². The smallest absolute Gasteiger partial charge is 0.339 e. The molecular formula is C19H14ClN3O3. The van der Waals surface area contributed by atoms with Crippen molar-refractivity contribution in [1.82, 2.24) is 9.78 Å². The fourth-order valence-electron chi connectivity index (χ4n) is 2.94. The summed E-state index contributed by atoms with van der Waals surface area (Å²) in [6.07, 6.45) is 2.77. The van der Waals surface area contributed by atoms with Crippen LogP contribution in [0.4, 0.5) is 5.69 Å². The van der Waals surface area contributed by atoms with E-state index in [9.17, 15) is 9.59 Å². The molecule has 1 aliphatic rings. The standard InChI is InChI=1S/C19H14ClN3O3/c20-14-7-3-8-15(17(14)23-10-4-9-21-23)22-18(24)16-11-12-5-1-2-6-13(12)19(25)26-16/h1-10,16H,11H2,(H,22,24)/t16-/m0/s1. The molecule has 0 radical (unpaired) electrons. The highest BCUT2D eigenvalue weighted by molar-refractivity contribution is 6.33. The predicted octanol–water partition coefficient (Wildman–Crippen LogP) is 3.25. The van der Waals surface area contributed by atoms with E-state index in [1.165, 1.54) is 0 Å². The highest BCUT2D eigenvalue weighted by Gasteiger charge is 2.31. The molecule has 0 spiro atoms. The van der Waals surface area contributed by atoms with Crippen LogP contribution in [0.5, 0.6) is 0 Å². The molecule has 3 aromatic rings. The van der Waals surface area contributed by atoms with E-state index in [0.717, 1.165) is 5.56 Å². The van der Waals surface area contributed by atoms with Gasteiger partial charge in [0.05, 0.1) is 16.3 Å². The molecule has 130 valence electrons. The molecule has 6 nitrogen and oxygen atoms in total. The lowest BCUT2D eigenvalue weighted by atomic mass is 9.98. The van der Waals surface area contributed by atoms with E-state index < -0.39 is 18.0 Å². The van der Waals surface area contributed by atoms with Gasteiger partial charge in [-0.2, -0.15) is 5.10 Å². The number of cyclic esters (lactones) is 1. The average Bonchev–Trinajstić information content (AvgIpc) is 3.16. The number of benzene rings is 2. The van der Waals surface area contributed by atoms with Crippen LogP contribution in [-0.4, -0.2) is 27.8 Å². The summed E-state index contributed by atoms with van der Waals surface area (Å²) in [6.45, 7) is 0. The van der Waals surface area contributed by atoms with Gasteiger partial charge in [-0.15, -0.1) is 0 Å². The zero-order valence-corrected chi connectivity index (χ0v) is 14.3. The maximum Gasteiger partial charge on any atom is 0.339 e. The molecule has 0 unspecified atom stereocenters. The van der Waals surface area contributed by atoms with Crippen LogP contribution in [0, 0.1) is 0 Å². The van der Waals surface area contributed by atoms with E-state index in [4.69, 9.17) is 16.3 Å².